The molecule has 0 heterocycles. The fraction of sp³-hybridized carbons (Fsp3) is 0.368. The van der Waals surface area contributed by atoms with Gasteiger partial charge in [-0.3, -0.25) is 0 Å². The molecule has 112 valence electrons. The molecule has 2 rings (SSSR count). The summed E-state index contributed by atoms with van der Waals surface area (Å²) in [5.41, 5.74) is 3.98. The molecule has 2 heteroatoms. The van der Waals surface area contributed by atoms with E-state index in [1.807, 2.05) is 44.2 Å². The SMILES string of the molecule is Cc1cc(C)c(C(O)c2ccc(C(C)(C)C)cc2)c(F)c1. The van der Waals surface area contributed by atoms with Gasteiger partial charge in [0.2, 0.25) is 0 Å². The molecule has 21 heavy (non-hydrogen) atoms. The largest absolute Gasteiger partial charge is 0.384 e. The first-order chi connectivity index (χ1) is 9.70. The molecule has 0 saturated heterocycles. The van der Waals surface area contributed by atoms with Gasteiger partial charge in [-0.1, -0.05) is 51.1 Å². The van der Waals surface area contributed by atoms with Crippen molar-refractivity contribution in [3.05, 3.63) is 70.0 Å². The average molecular weight is 286 g/mol. The standard InChI is InChI=1S/C19H23FO/c1-12-10-13(2)17(16(20)11-12)18(21)14-6-8-15(9-7-14)19(3,4)5/h6-11,18,21H,1-5H3. The van der Waals surface area contributed by atoms with Crippen LogP contribution < -0.4 is 0 Å². The number of hydrogen-bond acceptors (Lipinski definition) is 1. The topological polar surface area (TPSA) is 20.2 Å². The zero-order chi connectivity index (χ0) is 15.8. The molecule has 0 aliphatic heterocycles. The highest BCUT2D eigenvalue weighted by atomic mass is 19.1. The number of hydrogen-bond donors (Lipinski definition) is 1. The van der Waals surface area contributed by atoms with E-state index in [1.54, 1.807) is 0 Å². The Balaban J connectivity index is 2.39. The van der Waals surface area contributed by atoms with Gasteiger partial charge >= 0.3 is 0 Å². The molecule has 2 aromatic carbocycles. The fourth-order valence-corrected chi connectivity index (χ4v) is 2.61. The van der Waals surface area contributed by atoms with E-state index in [4.69, 9.17) is 0 Å². The van der Waals surface area contributed by atoms with Gasteiger partial charge in [0.15, 0.2) is 0 Å². The van der Waals surface area contributed by atoms with E-state index in [9.17, 15) is 9.50 Å². The number of aryl methyl sites for hydroxylation is 2. The molecule has 0 spiro atoms. The van der Waals surface area contributed by atoms with Gasteiger partial charge < -0.3 is 5.11 Å². The van der Waals surface area contributed by atoms with E-state index in [-0.39, 0.29) is 11.2 Å². The van der Waals surface area contributed by atoms with Crippen LogP contribution in [0.5, 0.6) is 0 Å². The summed E-state index contributed by atoms with van der Waals surface area (Å²) in [6, 6.07) is 11.1. The van der Waals surface area contributed by atoms with E-state index in [0.717, 1.165) is 11.1 Å². The minimum atomic E-state index is -0.931. The van der Waals surface area contributed by atoms with Crippen LogP contribution in [0.25, 0.3) is 0 Å². The summed E-state index contributed by atoms with van der Waals surface area (Å²) in [7, 11) is 0. The van der Waals surface area contributed by atoms with Crippen molar-refractivity contribution in [1.29, 1.82) is 0 Å². The van der Waals surface area contributed by atoms with E-state index in [0.29, 0.717) is 11.1 Å². The van der Waals surface area contributed by atoms with Crippen molar-refractivity contribution in [2.24, 2.45) is 0 Å². The van der Waals surface area contributed by atoms with Gasteiger partial charge in [0, 0.05) is 5.56 Å². The molecule has 2 aromatic rings. The smallest absolute Gasteiger partial charge is 0.129 e. The maximum Gasteiger partial charge on any atom is 0.129 e. The molecule has 1 unspecified atom stereocenters. The molecule has 0 aromatic heterocycles. The molecular formula is C19H23FO. The Bertz CT molecular complexity index is 613. The van der Waals surface area contributed by atoms with Gasteiger partial charge in [0.05, 0.1) is 0 Å². The first-order valence-corrected chi connectivity index (χ1v) is 7.25. The molecule has 1 atom stereocenters. The lowest BCUT2D eigenvalue weighted by atomic mass is 9.86. The summed E-state index contributed by atoms with van der Waals surface area (Å²) >= 11 is 0. The number of halogens is 1. The predicted octanol–water partition coefficient (Wildman–Crippen LogP) is 4.82. The minimum Gasteiger partial charge on any atom is -0.384 e. The second-order valence-electron chi connectivity index (χ2n) is 6.75. The summed E-state index contributed by atoms with van der Waals surface area (Å²) in [6.07, 6.45) is -0.931. The van der Waals surface area contributed by atoms with E-state index in [1.165, 1.54) is 11.6 Å². The minimum absolute atomic E-state index is 0.0640. The molecule has 1 N–H and O–H groups in total. The molecule has 0 fully saturated rings. The van der Waals surface area contributed by atoms with E-state index in [2.05, 4.69) is 20.8 Å². The van der Waals surface area contributed by atoms with E-state index < -0.39 is 6.10 Å². The zero-order valence-electron chi connectivity index (χ0n) is 13.4. The van der Waals surface area contributed by atoms with Gasteiger partial charge in [0.25, 0.3) is 0 Å². The van der Waals surface area contributed by atoms with Gasteiger partial charge in [-0.2, -0.15) is 0 Å². The summed E-state index contributed by atoms with van der Waals surface area (Å²) in [6.45, 7) is 10.1. The predicted molar refractivity (Wildman–Crippen MR) is 85.1 cm³/mol. The molecule has 0 amide bonds. The zero-order valence-corrected chi connectivity index (χ0v) is 13.4. The van der Waals surface area contributed by atoms with Crippen molar-refractivity contribution in [1.82, 2.24) is 0 Å². The van der Waals surface area contributed by atoms with Crippen molar-refractivity contribution in [3.63, 3.8) is 0 Å². The summed E-state index contributed by atoms with van der Waals surface area (Å²) < 4.78 is 14.2. The third-order valence-corrected chi connectivity index (χ3v) is 3.85. The normalized spacial score (nSPS) is 13.3. The van der Waals surface area contributed by atoms with Crippen molar-refractivity contribution in [2.75, 3.05) is 0 Å². The number of rotatable bonds is 2. The molecule has 0 aliphatic rings. The third kappa shape index (κ3) is 3.33. The van der Waals surface area contributed by atoms with Gasteiger partial charge in [-0.05, 0) is 47.6 Å². The van der Waals surface area contributed by atoms with Crippen LogP contribution in [-0.4, -0.2) is 5.11 Å². The Morgan fingerprint density at radius 2 is 1.57 bits per heavy atom. The first kappa shape index (κ1) is 15.7. The third-order valence-electron chi connectivity index (χ3n) is 3.85. The summed E-state index contributed by atoms with van der Waals surface area (Å²) in [5.74, 6) is -0.347. The molecule has 0 bridgehead atoms. The molecule has 0 radical (unpaired) electrons. The quantitative estimate of drug-likeness (QED) is 0.839. The summed E-state index contributed by atoms with van der Waals surface area (Å²) in [5, 5.41) is 10.5. The van der Waals surface area contributed by atoms with Gasteiger partial charge in [-0.25, -0.2) is 4.39 Å². The van der Waals surface area contributed by atoms with Crippen molar-refractivity contribution >= 4 is 0 Å². The van der Waals surface area contributed by atoms with Crippen LogP contribution >= 0.6 is 0 Å². The molecular weight excluding hydrogens is 263 g/mol. The highest BCUT2D eigenvalue weighted by Gasteiger charge is 2.19. The average Bonchev–Trinajstić information content (AvgIpc) is 2.36. The maximum atomic E-state index is 14.2. The van der Waals surface area contributed by atoms with Crippen LogP contribution in [0.15, 0.2) is 36.4 Å². The van der Waals surface area contributed by atoms with Crippen molar-refractivity contribution in [3.8, 4) is 0 Å². The summed E-state index contributed by atoms with van der Waals surface area (Å²) in [4.78, 5) is 0. The lowest BCUT2D eigenvalue weighted by molar-refractivity contribution is 0.214. The monoisotopic (exact) mass is 286 g/mol. The van der Waals surface area contributed by atoms with Crippen LogP contribution in [-0.2, 0) is 5.41 Å². The lowest BCUT2D eigenvalue weighted by Crippen LogP contribution is -2.11. The lowest BCUT2D eigenvalue weighted by Gasteiger charge is -2.21. The van der Waals surface area contributed by atoms with Crippen LogP contribution in [0, 0.1) is 19.7 Å². The maximum absolute atomic E-state index is 14.2. The molecule has 0 saturated carbocycles. The Morgan fingerprint density at radius 3 is 2.05 bits per heavy atom. The Kier molecular flexibility index (Phi) is 4.20. The second kappa shape index (κ2) is 5.61. The van der Waals surface area contributed by atoms with Gasteiger partial charge in [-0.15, -0.1) is 0 Å². The van der Waals surface area contributed by atoms with Crippen molar-refractivity contribution in [2.45, 2.75) is 46.1 Å². The van der Waals surface area contributed by atoms with Crippen molar-refractivity contribution < 1.29 is 9.50 Å². The van der Waals surface area contributed by atoms with Crippen LogP contribution in [0.4, 0.5) is 4.39 Å². The number of aliphatic hydroxyl groups is 1. The number of aliphatic hydroxyl groups excluding tert-OH is 1. The first-order valence-electron chi connectivity index (χ1n) is 7.25. The number of benzene rings is 2. The Labute approximate surface area is 126 Å². The fourth-order valence-electron chi connectivity index (χ4n) is 2.61. The van der Waals surface area contributed by atoms with Crippen LogP contribution in [0.3, 0.4) is 0 Å². The molecule has 0 aliphatic carbocycles. The Morgan fingerprint density at radius 1 is 1.00 bits per heavy atom. The van der Waals surface area contributed by atoms with Crippen LogP contribution in [0.2, 0.25) is 0 Å². The van der Waals surface area contributed by atoms with E-state index >= 15 is 0 Å². The molecule has 1 nitrogen and oxygen atoms in total. The highest BCUT2D eigenvalue weighted by molar-refractivity contribution is 5.40. The van der Waals surface area contributed by atoms with Crippen LogP contribution in [0.1, 0.15) is 54.7 Å². The van der Waals surface area contributed by atoms with Gasteiger partial charge in [0.1, 0.15) is 11.9 Å². The highest BCUT2D eigenvalue weighted by Crippen LogP contribution is 2.30. The Hall–Kier alpha value is -1.67. The second-order valence-corrected chi connectivity index (χ2v) is 6.75.